The van der Waals surface area contributed by atoms with Crippen molar-refractivity contribution in [3.63, 3.8) is 0 Å². The lowest BCUT2D eigenvalue weighted by Gasteiger charge is -2.21. The van der Waals surface area contributed by atoms with Crippen LogP contribution in [0, 0.1) is 12.8 Å². The Morgan fingerprint density at radius 3 is 2.44 bits per heavy atom. The van der Waals surface area contributed by atoms with Crippen LogP contribution in [0.4, 0.5) is 0 Å². The second kappa shape index (κ2) is 6.43. The molecule has 0 unspecified atom stereocenters. The molecule has 0 fully saturated rings. The number of nitrogens with one attached hydrogen (secondary N) is 1. The van der Waals surface area contributed by atoms with Crippen LogP contribution in [0.1, 0.15) is 33.3 Å². The van der Waals surface area contributed by atoms with Crippen LogP contribution in [0.2, 0.25) is 0 Å². The molecular weight excluding hydrogens is 226 g/mol. The summed E-state index contributed by atoms with van der Waals surface area (Å²) in [5, 5.41) is 2.95. The second-order valence-corrected chi connectivity index (χ2v) is 5.12. The first kappa shape index (κ1) is 14.6. The minimum Gasteiger partial charge on any atom is -0.481 e. The van der Waals surface area contributed by atoms with Gasteiger partial charge in [0.25, 0.3) is 5.91 Å². The van der Waals surface area contributed by atoms with Crippen LogP contribution >= 0.6 is 0 Å². The van der Waals surface area contributed by atoms with Gasteiger partial charge in [0, 0.05) is 6.04 Å². The fraction of sp³-hybridized carbons (Fsp3) is 0.533. The van der Waals surface area contributed by atoms with Crippen molar-refractivity contribution in [2.45, 2.75) is 46.8 Å². The van der Waals surface area contributed by atoms with Gasteiger partial charge in [0.1, 0.15) is 5.75 Å². The minimum absolute atomic E-state index is 0.0716. The number of hydrogen-bond acceptors (Lipinski definition) is 2. The highest BCUT2D eigenvalue weighted by molar-refractivity contribution is 5.81. The lowest BCUT2D eigenvalue weighted by Crippen LogP contribution is -2.43. The van der Waals surface area contributed by atoms with Gasteiger partial charge in [0.05, 0.1) is 0 Å². The van der Waals surface area contributed by atoms with Crippen LogP contribution in [-0.2, 0) is 4.79 Å². The minimum atomic E-state index is -0.479. The first-order chi connectivity index (χ1) is 8.40. The van der Waals surface area contributed by atoms with Gasteiger partial charge < -0.3 is 10.1 Å². The van der Waals surface area contributed by atoms with E-state index >= 15 is 0 Å². The molecule has 3 nitrogen and oxygen atoms in total. The van der Waals surface area contributed by atoms with Crippen molar-refractivity contribution in [3.05, 3.63) is 29.8 Å². The number of amides is 1. The number of hydrogen-bond donors (Lipinski definition) is 1. The van der Waals surface area contributed by atoms with Crippen molar-refractivity contribution < 1.29 is 9.53 Å². The molecule has 3 heteroatoms. The highest BCUT2D eigenvalue weighted by Crippen LogP contribution is 2.14. The smallest absolute Gasteiger partial charge is 0.260 e. The standard InChI is InChI=1S/C15H23NO2/c1-10(2)12(4)16-15(17)13(5)18-14-8-6-7-11(3)9-14/h6-10,12-13H,1-5H3,(H,16,17)/t12-,13+/m0/s1. The number of carbonyl (C=O) groups is 1. The van der Waals surface area contributed by atoms with E-state index < -0.39 is 6.10 Å². The highest BCUT2D eigenvalue weighted by atomic mass is 16.5. The molecule has 0 spiro atoms. The van der Waals surface area contributed by atoms with Gasteiger partial charge in [-0.05, 0) is 44.4 Å². The largest absolute Gasteiger partial charge is 0.481 e. The first-order valence-electron chi connectivity index (χ1n) is 6.44. The molecule has 1 aromatic rings. The van der Waals surface area contributed by atoms with Gasteiger partial charge in [-0.15, -0.1) is 0 Å². The van der Waals surface area contributed by atoms with Crippen molar-refractivity contribution >= 4 is 5.91 Å². The Morgan fingerprint density at radius 1 is 1.22 bits per heavy atom. The number of aryl methyl sites for hydroxylation is 1. The molecule has 0 aliphatic carbocycles. The van der Waals surface area contributed by atoms with E-state index in [9.17, 15) is 4.79 Å². The van der Waals surface area contributed by atoms with Crippen LogP contribution in [0.3, 0.4) is 0 Å². The predicted molar refractivity (Wildman–Crippen MR) is 73.7 cm³/mol. The van der Waals surface area contributed by atoms with E-state index in [0.717, 1.165) is 11.3 Å². The summed E-state index contributed by atoms with van der Waals surface area (Å²) in [5.74, 6) is 1.08. The van der Waals surface area contributed by atoms with E-state index in [-0.39, 0.29) is 11.9 Å². The second-order valence-electron chi connectivity index (χ2n) is 5.12. The summed E-state index contributed by atoms with van der Waals surface area (Å²) in [6, 6.07) is 7.86. The van der Waals surface area contributed by atoms with Crippen LogP contribution in [0.5, 0.6) is 5.75 Å². The van der Waals surface area contributed by atoms with Crippen molar-refractivity contribution in [1.82, 2.24) is 5.32 Å². The Bertz CT molecular complexity index is 401. The van der Waals surface area contributed by atoms with Crippen molar-refractivity contribution in [2.75, 3.05) is 0 Å². The predicted octanol–water partition coefficient (Wildman–Crippen LogP) is 2.92. The fourth-order valence-corrected chi connectivity index (χ4v) is 1.45. The normalized spacial score (nSPS) is 14.1. The van der Waals surface area contributed by atoms with E-state index in [1.807, 2.05) is 38.1 Å². The van der Waals surface area contributed by atoms with E-state index in [1.165, 1.54) is 0 Å². The Morgan fingerprint density at radius 2 is 1.89 bits per heavy atom. The van der Waals surface area contributed by atoms with E-state index in [2.05, 4.69) is 19.2 Å². The molecular formula is C15H23NO2. The van der Waals surface area contributed by atoms with Gasteiger partial charge in [-0.1, -0.05) is 26.0 Å². The van der Waals surface area contributed by atoms with Gasteiger partial charge >= 0.3 is 0 Å². The average molecular weight is 249 g/mol. The number of rotatable bonds is 5. The monoisotopic (exact) mass is 249 g/mol. The zero-order valence-corrected chi connectivity index (χ0v) is 11.9. The summed E-state index contributed by atoms with van der Waals surface area (Å²) in [6.07, 6.45) is -0.479. The quantitative estimate of drug-likeness (QED) is 0.871. The van der Waals surface area contributed by atoms with Crippen LogP contribution in [0.15, 0.2) is 24.3 Å². The average Bonchev–Trinajstić information content (AvgIpc) is 2.28. The highest BCUT2D eigenvalue weighted by Gasteiger charge is 2.18. The Hall–Kier alpha value is -1.51. The van der Waals surface area contributed by atoms with Crippen LogP contribution in [-0.4, -0.2) is 18.1 Å². The zero-order valence-electron chi connectivity index (χ0n) is 11.9. The molecule has 0 radical (unpaired) electrons. The van der Waals surface area contributed by atoms with Crippen molar-refractivity contribution in [1.29, 1.82) is 0 Å². The molecule has 0 saturated heterocycles. The summed E-state index contributed by atoms with van der Waals surface area (Å²) in [7, 11) is 0. The molecule has 1 amide bonds. The third-order valence-electron chi connectivity index (χ3n) is 3.04. The molecule has 0 aromatic heterocycles. The van der Waals surface area contributed by atoms with Crippen LogP contribution < -0.4 is 10.1 Å². The van der Waals surface area contributed by atoms with E-state index in [1.54, 1.807) is 6.92 Å². The van der Waals surface area contributed by atoms with E-state index in [0.29, 0.717) is 5.92 Å². The lowest BCUT2D eigenvalue weighted by molar-refractivity contribution is -0.128. The number of benzene rings is 1. The number of ether oxygens (including phenoxy) is 1. The Labute approximate surface area is 110 Å². The topological polar surface area (TPSA) is 38.3 Å². The maximum atomic E-state index is 11.9. The third-order valence-corrected chi connectivity index (χ3v) is 3.04. The van der Waals surface area contributed by atoms with Gasteiger partial charge in [0.15, 0.2) is 6.10 Å². The summed E-state index contributed by atoms with van der Waals surface area (Å²) in [5.41, 5.74) is 1.12. The van der Waals surface area contributed by atoms with Crippen molar-refractivity contribution in [2.24, 2.45) is 5.92 Å². The first-order valence-corrected chi connectivity index (χ1v) is 6.44. The molecule has 0 heterocycles. The molecule has 18 heavy (non-hydrogen) atoms. The zero-order chi connectivity index (χ0) is 13.7. The van der Waals surface area contributed by atoms with Crippen molar-refractivity contribution in [3.8, 4) is 5.75 Å². The van der Waals surface area contributed by atoms with E-state index in [4.69, 9.17) is 4.74 Å². The molecule has 0 aliphatic rings. The number of carbonyl (C=O) groups excluding carboxylic acids is 1. The molecule has 1 aromatic carbocycles. The van der Waals surface area contributed by atoms with Gasteiger partial charge in [0.2, 0.25) is 0 Å². The van der Waals surface area contributed by atoms with Crippen LogP contribution in [0.25, 0.3) is 0 Å². The SMILES string of the molecule is Cc1cccc(O[C@H](C)C(=O)N[C@@H](C)C(C)C)c1. The maximum Gasteiger partial charge on any atom is 0.260 e. The van der Waals surface area contributed by atoms with Gasteiger partial charge in [-0.2, -0.15) is 0 Å². The molecule has 1 rings (SSSR count). The van der Waals surface area contributed by atoms with Gasteiger partial charge in [-0.3, -0.25) is 4.79 Å². The summed E-state index contributed by atoms with van der Waals surface area (Å²) in [4.78, 5) is 11.9. The molecule has 0 aliphatic heterocycles. The summed E-state index contributed by atoms with van der Waals surface area (Å²) < 4.78 is 5.63. The summed E-state index contributed by atoms with van der Waals surface area (Å²) >= 11 is 0. The lowest BCUT2D eigenvalue weighted by atomic mass is 10.1. The maximum absolute atomic E-state index is 11.9. The van der Waals surface area contributed by atoms with Gasteiger partial charge in [-0.25, -0.2) is 0 Å². The molecule has 0 bridgehead atoms. The molecule has 0 saturated carbocycles. The third kappa shape index (κ3) is 4.40. The molecule has 1 N–H and O–H groups in total. The molecule has 2 atom stereocenters. The molecule has 100 valence electrons. The Kier molecular flexibility index (Phi) is 5.20. The Balaban J connectivity index is 2.55. The fourth-order valence-electron chi connectivity index (χ4n) is 1.45. The summed E-state index contributed by atoms with van der Waals surface area (Å²) in [6.45, 7) is 9.93.